The number of likely N-dealkylation sites (N-methyl/N-ethyl adjacent to an activating group) is 1. The summed E-state index contributed by atoms with van der Waals surface area (Å²) < 4.78 is 34.3. The van der Waals surface area contributed by atoms with Crippen molar-refractivity contribution in [2.24, 2.45) is 5.73 Å². The summed E-state index contributed by atoms with van der Waals surface area (Å²) in [5, 5.41) is 0. The molecule has 7 nitrogen and oxygen atoms in total. The van der Waals surface area contributed by atoms with Crippen molar-refractivity contribution in [2.45, 2.75) is 36.4 Å². The van der Waals surface area contributed by atoms with Gasteiger partial charge in [0.1, 0.15) is 11.9 Å². The fourth-order valence-corrected chi connectivity index (χ4v) is 3.36. The third-order valence-corrected chi connectivity index (χ3v) is 5.27. The first-order valence-electron chi connectivity index (χ1n) is 8.34. The molecule has 0 unspecified atom stereocenters. The minimum absolute atomic E-state index is 0.0206. The fourth-order valence-electron chi connectivity index (χ4n) is 2.70. The van der Waals surface area contributed by atoms with Gasteiger partial charge in [-0.2, -0.15) is 0 Å². The molecule has 1 fully saturated rings. The van der Waals surface area contributed by atoms with E-state index in [1.165, 1.54) is 12.1 Å². The van der Waals surface area contributed by atoms with E-state index in [9.17, 15) is 13.2 Å². The quantitative estimate of drug-likeness (QED) is 0.680. The van der Waals surface area contributed by atoms with Gasteiger partial charge in [0.15, 0.2) is 9.84 Å². The molecule has 1 amide bonds. The minimum Gasteiger partial charge on any atom is -0.493 e. The van der Waals surface area contributed by atoms with Crippen LogP contribution in [0.1, 0.15) is 19.3 Å². The van der Waals surface area contributed by atoms with Crippen LogP contribution >= 0.6 is 0 Å². The molecule has 1 aliphatic heterocycles. The Morgan fingerprint density at radius 3 is 2.80 bits per heavy atom. The number of hydrogen-bond acceptors (Lipinski definition) is 6. The summed E-state index contributed by atoms with van der Waals surface area (Å²) in [6.45, 7) is 1.37. The van der Waals surface area contributed by atoms with Gasteiger partial charge < -0.3 is 20.1 Å². The SMILES string of the molecule is CN(CCCOc1cccc(S(C)(=O)=O)c1)C(=O)[C@@H]1CC[C@H](CN)O1. The Morgan fingerprint density at radius 1 is 1.40 bits per heavy atom. The van der Waals surface area contributed by atoms with Crippen molar-refractivity contribution in [1.82, 2.24) is 4.90 Å². The highest BCUT2D eigenvalue weighted by molar-refractivity contribution is 7.90. The lowest BCUT2D eigenvalue weighted by molar-refractivity contribution is -0.141. The van der Waals surface area contributed by atoms with Gasteiger partial charge in [-0.15, -0.1) is 0 Å². The maximum absolute atomic E-state index is 12.3. The largest absolute Gasteiger partial charge is 0.493 e. The molecule has 25 heavy (non-hydrogen) atoms. The van der Waals surface area contributed by atoms with Crippen molar-refractivity contribution in [3.8, 4) is 5.75 Å². The zero-order valence-corrected chi connectivity index (χ0v) is 15.5. The number of nitrogens with two attached hydrogens (primary N) is 1. The molecule has 0 aliphatic carbocycles. The average Bonchev–Trinajstić information content (AvgIpc) is 3.06. The molecule has 0 aromatic heterocycles. The van der Waals surface area contributed by atoms with Crippen LogP contribution in [0.25, 0.3) is 0 Å². The molecule has 1 aromatic carbocycles. The first-order chi connectivity index (χ1) is 11.8. The highest BCUT2D eigenvalue weighted by Crippen LogP contribution is 2.20. The maximum atomic E-state index is 12.3. The first kappa shape index (κ1) is 19.7. The lowest BCUT2D eigenvalue weighted by atomic mass is 10.2. The Balaban J connectivity index is 1.75. The van der Waals surface area contributed by atoms with Crippen LogP contribution in [0.3, 0.4) is 0 Å². The summed E-state index contributed by atoms with van der Waals surface area (Å²) in [7, 11) is -1.51. The molecule has 140 valence electrons. The molecule has 0 bridgehead atoms. The van der Waals surface area contributed by atoms with Gasteiger partial charge in [0, 0.05) is 26.4 Å². The van der Waals surface area contributed by atoms with Crippen molar-refractivity contribution >= 4 is 15.7 Å². The predicted octanol–water partition coefficient (Wildman–Crippen LogP) is 0.824. The third-order valence-electron chi connectivity index (χ3n) is 4.16. The number of hydrogen-bond donors (Lipinski definition) is 1. The van der Waals surface area contributed by atoms with E-state index in [2.05, 4.69) is 0 Å². The second-order valence-corrected chi connectivity index (χ2v) is 8.28. The fraction of sp³-hybridized carbons (Fsp3) is 0.588. The Morgan fingerprint density at radius 2 is 2.16 bits per heavy atom. The maximum Gasteiger partial charge on any atom is 0.251 e. The molecular weight excluding hydrogens is 344 g/mol. The summed E-state index contributed by atoms with van der Waals surface area (Å²) >= 11 is 0. The summed E-state index contributed by atoms with van der Waals surface area (Å²) in [5.41, 5.74) is 5.56. The normalized spacial score (nSPS) is 20.4. The van der Waals surface area contributed by atoms with Crippen molar-refractivity contribution in [3.05, 3.63) is 24.3 Å². The van der Waals surface area contributed by atoms with E-state index in [0.29, 0.717) is 38.3 Å². The van der Waals surface area contributed by atoms with Gasteiger partial charge in [-0.05, 0) is 37.5 Å². The molecule has 8 heteroatoms. The number of amides is 1. The van der Waals surface area contributed by atoms with Gasteiger partial charge in [0.25, 0.3) is 5.91 Å². The zero-order valence-electron chi connectivity index (χ0n) is 14.7. The zero-order chi connectivity index (χ0) is 18.4. The van der Waals surface area contributed by atoms with Crippen molar-refractivity contribution < 1.29 is 22.7 Å². The average molecular weight is 370 g/mol. The Bertz CT molecular complexity index is 692. The molecule has 1 saturated heterocycles. The summed E-state index contributed by atoms with van der Waals surface area (Å²) in [6, 6.07) is 6.39. The van der Waals surface area contributed by atoms with Gasteiger partial charge in [-0.25, -0.2) is 8.42 Å². The van der Waals surface area contributed by atoms with Crippen LogP contribution in [0.2, 0.25) is 0 Å². The standard InChI is InChI=1S/C17H26N2O5S/c1-19(17(20)16-8-7-14(12-18)24-16)9-4-10-23-13-5-3-6-15(11-13)25(2,21)22/h3,5-6,11,14,16H,4,7-10,12,18H2,1-2H3/t14-,16+/m1/s1. The van der Waals surface area contributed by atoms with E-state index in [0.717, 1.165) is 12.7 Å². The smallest absolute Gasteiger partial charge is 0.251 e. The van der Waals surface area contributed by atoms with E-state index in [4.69, 9.17) is 15.2 Å². The Hall–Kier alpha value is -1.64. The van der Waals surface area contributed by atoms with Crippen molar-refractivity contribution in [1.29, 1.82) is 0 Å². The molecule has 0 radical (unpaired) electrons. The van der Waals surface area contributed by atoms with Gasteiger partial charge >= 0.3 is 0 Å². The molecule has 2 N–H and O–H groups in total. The minimum atomic E-state index is -3.25. The van der Waals surface area contributed by atoms with E-state index in [1.54, 1.807) is 24.1 Å². The number of carbonyl (C=O) groups is 1. The molecule has 0 spiro atoms. The van der Waals surface area contributed by atoms with Gasteiger partial charge in [0.05, 0.1) is 17.6 Å². The van der Waals surface area contributed by atoms with Crippen LogP contribution in [-0.4, -0.2) is 64.4 Å². The molecule has 2 rings (SSSR count). The Labute approximate surface area is 149 Å². The van der Waals surface area contributed by atoms with Crippen LogP contribution in [-0.2, 0) is 19.4 Å². The highest BCUT2D eigenvalue weighted by Gasteiger charge is 2.31. The molecule has 1 heterocycles. The third kappa shape index (κ3) is 5.69. The molecule has 1 aliphatic rings. The number of benzene rings is 1. The predicted molar refractivity (Wildman–Crippen MR) is 94.3 cm³/mol. The molecular formula is C17H26N2O5S. The number of sulfone groups is 1. The lowest BCUT2D eigenvalue weighted by Gasteiger charge is -2.21. The van der Waals surface area contributed by atoms with E-state index in [1.807, 2.05) is 0 Å². The van der Waals surface area contributed by atoms with E-state index >= 15 is 0 Å². The van der Waals surface area contributed by atoms with Gasteiger partial charge in [-0.1, -0.05) is 6.07 Å². The summed E-state index contributed by atoms with van der Waals surface area (Å²) in [5.74, 6) is 0.469. The van der Waals surface area contributed by atoms with E-state index < -0.39 is 15.9 Å². The summed E-state index contributed by atoms with van der Waals surface area (Å²) in [6.07, 6.45) is 2.91. The van der Waals surface area contributed by atoms with Crippen LogP contribution in [0.5, 0.6) is 5.75 Å². The Kier molecular flexibility index (Phi) is 6.80. The first-order valence-corrected chi connectivity index (χ1v) is 10.2. The van der Waals surface area contributed by atoms with Gasteiger partial charge in [0.2, 0.25) is 0 Å². The summed E-state index contributed by atoms with van der Waals surface area (Å²) in [4.78, 5) is 14.1. The number of ether oxygens (including phenoxy) is 2. The second-order valence-electron chi connectivity index (χ2n) is 6.27. The highest BCUT2D eigenvalue weighted by atomic mass is 32.2. The number of nitrogens with zero attached hydrogens (tertiary/aromatic N) is 1. The topological polar surface area (TPSA) is 98.9 Å². The van der Waals surface area contributed by atoms with Crippen molar-refractivity contribution in [3.63, 3.8) is 0 Å². The molecule has 2 atom stereocenters. The second kappa shape index (κ2) is 8.64. The number of carbonyl (C=O) groups excluding carboxylic acids is 1. The van der Waals surface area contributed by atoms with Crippen LogP contribution < -0.4 is 10.5 Å². The number of rotatable bonds is 8. The van der Waals surface area contributed by atoms with Crippen molar-refractivity contribution in [2.75, 3.05) is 33.0 Å². The molecule has 0 saturated carbocycles. The van der Waals surface area contributed by atoms with Crippen LogP contribution in [0.15, 0.2) is 29.2 Å². The lowest BCUT2D eigenvalue weighted by Crippen LogP contribution is -2.38. The van der Waals surface area contributed by atoms with E-state index in [-0.39, 0.29) is 16.9 Å². The van der Waals surface area contributed by atoms with Crippen LogP contribution in [0, 0.1) is 0 Å². The monoisotopic (exact) mass is 370 g/mol. The van der Waals surface area contributed by atoms with Gasteiger partial charge in [-0.3, -0.25) is 4.79 Å². The van der Waals surface area contributed by atoms with Crippen LogP contribution in [0.4, 0.5) is 0 Å². The molecule has 1 aromatic rings.